The Morgan fingerprint density at radius 1 is 1.91 bits per heavy atom. The van der Waals surface area contributed by atoms with Crippen molar-refractivity contribution < 1.29 is 9.53 Å². The number of carbonyl (C=O) groups excluding carboxylic acids is 1. The van der Waals surface area contributed by atoms with Gasteiger partial charge in [0.15, 0.2) is 0 Å². The van der Waals surface area contributed by atoms with Crippen LogP contribution in [0.3, 0.4) is 0 Å². The highest BCUT2D eigenvalue weighted by molar-refractivity contribution is 5.81. The Morgan fingerprint density at radius 2 is 2.55 bits per heavy atom. The van der Waals surface area contributed by atoms with E-state index in [1.807, 2.05) is 0 Å². The van der Waals surface area contributed by atoms with E-state index < -0.39 is 0 Å². The van der Waals surface area contributed by atoms with Crippen LogP contribution in [-0.2, 0) is 9.53 Å². The molecule has 0 aromatic carbocycles. The second kappa shape index (κ2) is 3.53. The van der Waals surface area contributed by atoms with Crippen molar-refractivity contribution in [2.24, 2.45) is 0 Å². The van der Waals surface area contributed by atoms with Gasteiger partial charge in [-0.05, 0) is 0 Å². The summed E-state index contributed by atoms with van der Waals surface area (Å²) in [6.07, 6.45) is 2.39. The number of carbonyl (C=O) groups is 1. The first-order valence-corrected chi connectivity index (χ1v) is 3.73. The number of likely N-dealkylation sites (N-methyl/N-ethyl adjacent to an activating group) is 1. The van der Waals surface area contributed by atoms with E-state index in [9.17, 15) is 4.79 Å². The van der Waals surface area contributed by atoms with Crippen molar-refractivity contribution in [2.75, 3.05) is 20.2 Å². The van der Waals surface area contributed by atoms with E-state index in [2.05, 4.69) is 6.58 Å². The first kappa shape index (κ1) is 8.27. The molecular formula is C8H13NO2. The van der Waals surface area contributed by atoms with Crippen LogP contribution in [0.25, 0.3) is 0 Å². The van der Waals surface area contributed by atoms with E-state index >= 15 is 0 Å². The van der Waals surface area contributed by atoms with Crippen LogP contribution in [0.2, 0.25) is 0 Å². The van der Waals surface area contributed by atoms with Crippen LogP contribution >= 0.6 is 0 Å². The predicted octanol–water partition coefficient (Wildman–Crippen LogP) is 0.420. The van der Waals surface area contributed by atoms with Crippen molar-refractivity contribution in [3.8, 4) is 0 Å². The normalized spacial score (nSPS) is 22.1. The van der Waals surface area contributed by atoms with E-state index in [1.54, 1.807) is 18.0 Å². The van der Waals surface area contributed by atoms with Gasteiger partial charge in [-0.15, -0.1) is 6.58 Å². The van der Waals surface area contributed by atoms with Gasteiger partial charge in [-0.1, -0.05) is 6.08 Å². The minimum atomic E-state index is -0.181. The SMILES string of the molecule is C=CCN(C)C(=O)C1CCO1. The highest BCUT2D eigenvalue weighted by Crippen LogP contribution is 2.12. The molecule has 62 valence electrons. The summed E-state index contributed by atoms with van der Waals surface area (Å²) >= 11 is 0. The van der Waals surface area contributed by atoms with Gasteiger partial charge in [0.25, 0.3) is 5.91 Å². The molecule has 3 heteroatoms. The van der Waals surface area contributed by atoms with Crippen molar-refractivity contribution in [1.82, 2.24) is 4.90 Å². The van der Waals surface area contributed by atoms with Crippen LogP contribution in [-0.4, -0.2) is 37.1 Å². The van der Waals surface area contributed by atoms with E-state index in [-0.39, 0.29) is 12.0 Å². The summed E-state index contributed by atoms with van der Waals surface area (Å²) < 4.78 is 5.03. The van der Waals surface area contributed by atoms with Gasteiger partial charge in [0, 0.05) is 20.0 Å². The van der Waals surface area contributed by atoms with Crippen molar-refractivity contribution in [1.29, 1.82) is 0 Å². The van der Waals surface area contributed by atoms with Gasteiger partial charge in [-0.2, -0.15) is 0 Å². The summed E-state index contributed by atoms with van der Waals surface area (Å²) in [7, 11) is 1.76. The number of rotatable bonds is 3. The van der Waals surface area contributed by atoms with Crippen molar-refractivity contribution >= 4 is 5.91 Å². The fourth-order valence-electron chi connectivity index (χ4n) is 0.960. The topological polar surface area (TPSA) is 29.5 Å². The molecule has 1 unspecified atom stereocenters. The molecule has 0 spiro atoms. The summed E-state index contributed by atoms with van der Waals surface area (Å²) in [6, 6.07) is 0. The van der Waals surface area contributed by atoms with Crippen LogP contribution in [0.5, 0.6) is 0 Å². The zero-order chi connectivity index (χ0) is 8.27. The Hall–Kier alpha value is -0.830. The lowest BCUT2D eigenvalue weighted by Gasteiger charge is -2.28. The molecule has 0 radical (unpaired) electrons. The van der Waals surface area contributed by atoms with Gasteiger partial charge < -0.3 is 9.64 Å². The van der Waals surface area contributed by atoms with Crippen molar-refractivity contribution in [2.45, 2.75) is 12.5 Å². The number of amides is 1. The third-order valence-electron chi connectivity index (χ3n) is 1.75. The molecule has 0 aromatic heterocycles. The summed E-state index contributed by atoms with van der Waals surface area (Å²) in [5, 5.41) is 0. The molecular weight excluding hydrogens is 142 g/mol. The molecule has 1 amide bonds. The maximum Gasteiger partial charge on any atom is 0.251 e. The van der Waals surface area contributed by atoms with Gasteiger partial charge in [0.1, 0.15) is 6.10 Å². The average molecular weight is 155 g/mol. The molecule has 0 aromatic rings. The van der Waals surface area contributed by atoms with Gasteiger partial charge in [0.05, 0.1) is 6.61 Å². The molecule has 0 bridgehead atoms. The number of nitrogens with zero attached hydrogens (tertiary/aromatic N) is 1. The number of hydrogen-bond acceptors (Lipinski definition) is 2. The van der Waals surface area contributed by atoms with Crippen molar-refractivity contribution in [3.05, 3.63) is 12.7 Å². The number of ether oxygens (including phenoxy) is 1. The van der Waals surface area contributed by atoms with Crippen LogP contribution in [0.15, 0.2) is 12.7 Å². The Morgan fingerprint density at radius 3 is 2.91 bits per heavy atom. The lowest BCUT2D eigenvalue weighted by atomic mass is 10.1. The van der Waals surface area contributed by atoms with Crippen LogP contribution < -0.4 is 0 Å². The summed E-state index contributed by atoms with van der Waals surface area (Å²) in [5.41, 5.74) is 0. The molecule has 1 aliphatic rings. The summed E-state index contributed by atoms with van der Waals surface area (Å²) in [5.74, 6) is 0.0659. The molecule has 3 nitrogen and oxygen atoms in total. The van der Waals surface area contributed by atoms with E-state index in [0.717, 1.165) is 13.0 Å². The maximum absolute atomic E-state index is 11.3. The summed E-state index contributed by atoms with van der Waals surface area (Å²) in [6.45, 7) is 4.87. The molecule has 0 N–H and O–H groups in total. The fourth-order valence-corrected chi connectivity index (χ4v) is 0.960. The molecule has 0 aliphatic carbocycles. The summed E-state index contributed by atoms with van der Waals surface area (Å²) in [4.78, 5) is 12.9. The van der Waals surface area contributed by atoms with Gasteiger partial charge in [-0.25, -0.2) is 0 Å². The quantitative estimate of drug-likeness (QED) is 0.553. The standard InChI is InChI=1S/C8H13NO2/c1-3-5-9(2)8(10)7-4-6-11-7/h3,7H,1,4-6H2,2H3. The zero-order valence-electron chi connectivity index (χ0n) is 6.75. The molecule has 1 rings (SSSR count). The van der Waals surface area contributed by atoms with Crippen LogP contribution in [0.4, 0.5) is 0 Å². The number of hydrogen-bond donors (Lipinski definition) is 0. The fraction of sp³-hybridized carbons (Fsp3) is 0.625. The first-order valence-electron chi connectivity index (χ1n) is 3.73. The second-order valence-corrected chi connectivity index (χ2v) is 2.66. The molecule has 1 heterocycles. The van der Waals surface area contributed by atoms with Crippen molar-refractivity contribution in [3.63, 3.8) is 0 Å². The lowest BCUT2D eigenvalue weighted by molar-refractivity contribution is -0.154. The van der Waals surface area contributed by atoms with Crippen LogP contribution in [0.1, 0.15) is 6.42 Å². The monoisotopic (exact) mass is 155 g/mol. The van der Waals surface area contributed by atoms with E-state index in [1.165, 1.54) is 0 Å². The maximum atomic E-state index is 11.3. The molecule has 1 fully saturated rings. The highest BCUT2D eigenvalue weighted by atomic mass is 16.5. The van der Waals surface area contributed by atoms with E-state index in [0.29, 0.717) is 6.54 Å². The van der Waals surface area contributed by atoms with E-state index in [4.69, 9.17) is 4.74 Å². The minimum Gasteiger partial charge on any atom is -0.368 e. The third kappa shape index (κ3) is 1.80. The average Bonchev–Trinajstić information content (AvgIpc) is 1.84. The third-order valence-corrected chi connectivity index (χ3v) is 1.75. The smallest absolute Gasteiger partial charge is 0.251 e. The van der Waals surface area contributed by atoms with Gasteiger partial charge in [-0.3, -0.25) is 4.79 Å². The van der Waals surface area contributed by atoms with Gasteiger partial charge in [0.2, 0.25) is 0 Å². The van der Waals surface area contributed by atoms with Crippen LogP contribution in [0, 0.1) is 0 Å². The molecule has 1 atom stereocenters. The Kier molecular flexibility index (Phi) is 2.65. The van der Waals surface area contributed by atoms with Gasteiger partial charge >= 0.3 is 0 Å². The Balaban J connectivity index is 2.32. The Bertz CT molecular complexity index is 163. The molecule has 0 saturated carbocycles. The molecule has 11 heavy (non-hydrogen) atoms. The first-order chi connectivity index (χ1) is 5.25. The second-order valence-electron chi connectivity index (χ2n) is 2.66. The largest absolute Gasteiger partial charge is 0.368 e. The Labute approximate surface area is 66.6 Å². The highest BCUT2D eigenvalue weighted by Gasteiger charge is 2.28. The molecule has 1 saturated heterocycles. The molecule has 1 aliphatic heterocycles. The lowest BCUT2D eigenvalue weighted by Crippen LogP contribution is -2.43. The minimum absolute atomic E-state index is 0.0659. The predicted molar refractivity (Wildman–Crippen MR) is 42.2 cm³/mol. The zero-order valence-corrected chi connectivity index (χ0v) is 6.75.